The van der Waals surface area contributed by atoms with Crippen molar-refractivity contribution < 1.29 is 14.3 Å². The number of nitrogens with zero attached hydrogens (tertiary/aromatic N) is 1. The van der Waals surface area contributed by atoms with E-state index in [0.29, 0.717) is 0 Å². The monoisotopic (exact) mass is 175 g/mol. The summed E-state index contributed by atoms with van der Waals surface area (Å²) in [5.41, 5.74) is 0.0249. The third-order valence-corrected chi connectivity index (χ3v) is 1.26. The lowest BCUT2D eigenvalue weighted by molar-refractivity contribution is -0.0788. The number of rotatable bonds is 1. The van der Waals surface area contributed by atoms with Gasteiger partial charge < -0.3 is 0 Å². The summed E-state index contributed by atoms with van der Waals surface area (Å²) in [5.74, 6) is -1.07. The molecule has 0 aliphatic rings. The second-order valence-corrected chi connectivity index (χ2v) is 2.12. The standard InChI is InChI=1S/C6H3ClFNO2/c7-5-2-1-4(3-9-5)6(10)11-8/h1-3H. The van der Waals surface area contributed by atoms with Crippen molar-refractivity contribution in [3.8, 4) is 0 Å². The first-order valence-corrected chi connectivity index (χ1v) is 3.06. The Balaban J connectivity index is 2.90. The van der Waals surface area contributed by atoms with Crippen molar-refractivity contribution >= 4 is 17.6 Å². The van der Waals surface area contributed by atoms with Crippen LogP contribution in [-0.4, -0.2) is 11.0 Å². The van der Waals surface area contributed by atoms with Gasteiger partial charge in [0.1, 0.15) is 5.15 Å². The number of carbonyl (C=O) groups is 1. The zero-order valence-electron chi connectivity index (χ0n) is 5.25. The van der Waals surface area contributed by atoms with Crippen LogP contribution >= 0.6 is 11.6 Å². The van der Waals surface area contributed by atoms with Gasteiger partial charge in [-0.1, -0.05) is 11.6 Å². The van der Waals surface area contributed by atoms with E-state index >= 15 is 0 Å². The van der Waals surface area contributed by atoms with E-state index in [9.17, 15) is 9.32 Å². The molecule has 1 rings (SSSR count). The molecule has 0 spiro atoms. The van der Waals surface area contributed by atoms with Crippen LogP contribution in [0.4, 0.5) is 4.53 Å². The summed E-state index contributed by atoms with van der Waals surface area (Å²) >= 11 is 5.40. The van der Waals surface area contributed by atoms with Crippen molar-refractivity contribution in [1.29, 1.82) is 0 Å². The molecule has 1 aromatic heterocycles. The predicted octanol–water partition coefficient (Wildman–Crippen LogP) is 1.78. The first kappa shape index (κ1) is 7.94. The van der Waals surface area contributed by atoms with E-state index in [0.717, 1.165) is 6.20 Å². The van der Waals surface area contributed by atoms with Gasteiger partial charge in [0, 0.05) is 10.7 Å². The highest BCUT2D eigenvalue weighted by Gasteiger charge is 2.06. The van der Waals surface area contributed by atoms with Crippen LogP contribution in [0.1, 0.15) is 10.4 Å². The fraction of sp³-hybridized carbons (Fsp3) is 0. The van der Waals surface area contributed by atoms with Crippen molar-refractivity contribution in [1.82, 2.24) is 4.98 Å². The van der Waals surface area contributed by atoms with Crippen LogP contribution < -0.4 is 0 Å². The highest BCUT2D eigenvalue weighted by Crippen LogP contribution is 2.06. The second kappa shape index (κ2) is 3.30. The molecule has 5 heteroatoms. The quantitative estimate of drug-likeness (QED) is 0.611. The molecule has 0 aliphatic heterocycles. The average molecular weight is 176 g/mol. The van der Waals surface area contributed by atoms with Gasteiger partial charge in [0.15, 0.2) is 0 Å². The first-order chi connectivity index (χ1) is 5.24. The van der Waals surface area contributed by atoms with Gasteiger partial charge in [-0.3, -0.25) is 0 Å². The van der Waals surface area contributed by atoms with Gasteiger partial charge in [-0.2, -0.15) is 0 Å². The van der Waals surface area contributed by atoms with Gasteiger partial charge in [-0.25, -0.2) is 14.7 Å². The lowest BCUT2D eigenvalue weighted by Gasteiger charge is -1.92. The van der Waals surface area contributed by atoms with Gasteiger partial charge in [-0.15, -0.1) is 0 Å². The number of aromatic nitrogens is 1. The highest BCUT2D eigenvalue weighted by molar-refractivity contribution is 6.29. The van der Waals surface area contributed by atoms with E-state index in [1.165, 1.54) is 12.1 Å². The van der Waals surface area contributed by atoms with Crippen LogP contribution in [0.15, 0.2) is 18.3 Å². The third-order valence-electron chi connectivity index (χ3n) is 1.03. The first-order valence-electron chi connectivity index (χ1n) is 2.68. The molecule has 58 valence electrons. The minimum absolute atomic E-state index is 0.0249. The Kier molecular flexibility index (Phi) is 2.38. The van der Waals surface area contributed by atoms with Crippen molar-refractivity contribution in [3.05, 3.63) is 29.0 Å². The summed E-state index contributed by atoms with van der Waals surface area (Å²) < 4.78 is 11.3. The second-order valence-electron chi connectivity index (χ2n) is 1.73. The summed E-state index contributed by atoms with van der Waals surface area (Å²) in [5, 5.41) is 0.236. The molecule has 0 unspecified atom stereocenters. The molecule has 0 atom stereocenters. The fourth-order valence-corrected chi connectivity index (χ4v) is 0.653. The maximum Gasteiger partial charge on any atom is 0.381 e. The molecule has 11 heavy (non-hydrogen) atoms. The molecule has 0 aromatic carbocycles. The van der Waals surface area contributed by atoms with Crippen LogP contribution in [0.3, 0.4) is 0 Å². The molecule has 0 bridgehead atoms. The van der Waals surface area contributed by atoms with E-state index in [1.807, 2.05) is 0 Å². The average Bonchev–Trinajstić information content (AvgIpc) is 2.05. The molecule has 0 saturated heterocycles. The molecule has 1 aromatic rings. The molecule has 3 nitrogen and oxygen atoms in total. The van der Waals surface area contributed by atoms with Crippen LogP contribution in [0.2, 0.25) is 5.15 Å². The lowest BCUT2D eigenvalue weighted by Crippen LogP contribution is -1.98. The Labute approximate surface area is 66.7 Å². The van der Waals surface area contributed by atoms with Gasteiger partial charge in [0.05, 0.1) is 5.56 Å². The Hall–Kier alpha value is -1.16. The molecule has 0 aliphatic carbocycles. The molecule has 0 radical (unpaired) electrons. The summed E-state index contributed by atoms with van der Waals surface area (Å²) in [4.78, 5) is 16.9. The number of hydrogen-bond acceptors (Lipinski definition) is 3. The maximum atomic E-state index is 11.3. The number of carbonyl (C=O) groups excluding carboxylic acids is 1. The molecule has 0 amide bonds. The van der Waals surface area contributed by atoms with E-state index in [2.05, 4.69) is 9.93 Å². The number of halogens is 2. The van der Waals surface area contributed by atoms with Crippen molar-refractivity contribution in [2.45, 2.75) is 0 Å². The van der Waals surface area contributed by atoms with Crippen LogP contribution in [0, 0.1) is 0 Å². The van der Waals surface area contributed by atoms with Crippen molar-refractivity contribution in [2.75, 3.05) is 0 Å². The van der Waals surface area contributed by atoms with Crippen molar-refractivity contribution in [3.63, 3.8) is 0 Å². The molecule has 1 heterocycles. The van der Waals surface area contributed by atoms with Gasteiger partial charge in [-0.05, 0) is 12.1 Å². The number of pyridine rings is 1. The highest BCUT2D eigenvalue weighted by atomic mass is 35.5. The van der Waals surface area contributed by atoms with Crippen molar-refractivity contribution in [2.24, 2.45) is 0 Å². The summed E-state index contributed by atoms with van der Waals surface area (Å²) in [6.07, 6.45) is 1.13. The van der Waals surface area contributed by atoms with E-state index in [4.69, 9.17) is 11.6 Å². The minimum Gasteiger partial charge on any atom is -0.249 e. The normalized spacial score (nSPS) is 9.27. The SMILES string of the molecule is O=C(OF)c1ccc(Cl)nc1. The van der Waals surface area contributed by atoms with E-state index < -0.39 is 5.97 Å². The minimum atomic E-state index is -1.07. The van der Waals surface area contributed by atoms with Crippen LogP contribution in [0.25, 0.3) is 0 Å². The van der Waals surface area contributed by atoms with Crippen LogP contribution in [0.5, 0.6) is 0 Å². The van der Waals surface area contributed by atoms with E-state index in [-0.39, 0.29) is 10.7 Å². The smallest absolute Gasteiger partial charge is 0.249 e. The third kappa shape index (κ3) is 1.88. The maximum absolute atomic E-state index is 11.3. The summed E-state index contributed by atoms with van der Waals surface area (Å²) in [6, 6.07) is 2.69. The van der Waals surface area contributed by atoms with Gasteiger partial charge in [0.2, 0.25) is 0 Å². The summed E-state index contributed by atoms with van der Waals surface area (Å²) in [7, 11) is 0. The molecule has 0 N–H and O–H groups in total. The van der Waals surface area contributed by atoms with Gasteiger partial charge in [0.25, 0.3) is 0 Å². The topological polar surface area (TPSA) is 39.2 Å². The Morgan fingerprint density at radius 3 is 2.82 bits per heavy atom. The zero-order chi connectivity index (χ0) is 8.27. The fourth-order valence-electron chi connectivity index (χ4n) is 0.541. The van der Waals surface area contributed by atoms with Crippen LogP contribution in [-0.2, 0) is 4.94 Å². The Bertz CT molecular complexity index is 262. The Morgan fingerprint density at radius 2 is 2.36 bits per heavy atom. The molecule has 0 saturated carbocycles. The van der Waals surface area contributed by atoms with E-state index in [1.54, 1.807) is 0 Å². The summed E-state index contributed by atoms with van der Waals surface area (Å²) in [6.45, 7) is 0. The Morgan fingerprint density at radius 1 is 1.64 bits per heavy atom. The molecule has 0 fully saturated rings. The zero-order valence-corrected chi connectivity index (χ0v) is 6.01. The molecular formula is C6H3ClFNO2. The lowest BCUT2D eigenvalue weighted by atomic mass is 10.3. The predicted molar refractivity (Wildman–Crippen MR) is 35.8 cm³/mol. The van der Waals surface area contributed by atoms with Gasteiger partial charge >= 0.3 is 5.97 Å². The molecular weight excluding hydrogens is 173 g/mol. The number of hydrogen-bond donors (Lipinski definition) is 0. The largest absolute Gasteiger partial charge is 0.381 e.